The Balaban J connectivity index is 1.68. The van der Waals surface area contributed by atoms with Gasteiger partial charge in [0.15, 0.2) is 5.65 Å². The molecule has 138 valence electrons. The smallest absolute Gasteiger partial charge is 0.179 e. The highest BCUT2D eigenvalue weighted by atomic mass is 32.1. The number of anilines is 1. The van der Waals surface area contributed by atoms with E-state index in [4.69, 9.17) is 9.72 Å². The normalized spacial score (nSPS) is 20.7. The van der Waals surface area contributed by atoms with Gasteiger partial charge in [0, 0.05) is 17.3 Å². The molecule has 3 aromatic heterocycles. The molecule has 1 aliphatic heterocycles. The van der Waals surface area contributed by atoms with Crippen molar-refractivity contribution in [2.45, 2.75) is 51.7 Å². The molecular formula is C18H24N6OS. The van der Waals surface area contributed by atoms with Gasteiger partial charge in [-0.2, -0.15) is 4.52 Å². The third kappa shape index (κ3) is 2.87. The Morgan fingerprint density at radius 3 is 2.81 bits per heavy atom. The first-order chi connectivity index (χ1) is 12.3. The van der Waals surface area contributed by atoms with Crippen molar-refractivity contribution >= 4 is 22.7 Å². The van der Waals surface area contributed by atoms with Crippen molar-refractivity contribution in [2.75, 3.05) is 18.1 Å². The minimum Gasteiger partial charge on any atom is -0.367 e. The maximum Gasteiger partial charge on any atom is 0.179 e. The Labute approximate surface area is 157 Å². The van der Waals surface area contributed by atoms with Gasteiger partial charge in [-0.25, -0.2) is 4.98 Å². The second kappa shape index (κ2) is 5.99. The molecule has 1 fully saturated rings. The average molecular weight is 372 g/mol. The van der Waals surface area contributed by atoms with E-state index in [0.29, 0.717) is 6.61 Å². The zero-order valence-electron chi connectivity index (χ0n) is 15.8. The Hall–Kier alpha value is -2.06. The Kier molecular flexibility index (Phi) is 4.00. The molecule has 0 aromatic carbocycles. The standard InChI is InChI=1S/C18H24N6OS/c1-17(2,3)13-11-26-16(19-13)15-18(4,5)23(8-9-25-15)12-6-7-14-20-21-22-24(14)10-12/h6-7,10-11,15H,8-9H2,1-5H3. The lowest BCUT2D eigenvalue weighted by atomic mass is 9.91. The highest BCUT2D eigenvalue weighted by molar-refractivity contribution is 7.09. The minimum atomic E-state index is -0.243. The molecule has 0 N–H and O–H groups in total. The van der Waals surface area contributed by atoms with Gasteiger partial charge < -0.3 is 9.64 Å². The van der Waals surface area contributed by atoms with Crippen LogP contribution in [0.3, 0.4) is 0 Å². The summed E-state index contributed by atoms with van der Waals surface area (Å²) in [6, 6.07) is 4.01. The van der Waals surface area contributed by atoms with Gasteiger partial charge in [0.05, 0.1) is 29.7 Å². The van der Waals surface area contributed by atoms with Crippen LogP contribution in [0.25, 0.3) is 5.65 Å². The molecule has 3 aromatic rings. The number of hydrogen-bond donors (Lipinski definition) is 0. The average Bonchev–Trinajstić information content (AvgIpc) is 3.22. The molecular weight excluding hydrogens is 348 g/mol. The summed E-state index contributed by atoms with van der Waals surface area (Å²) in [5.41, 5.74) is 2.73. The van der Waals surface area contributed by atoms with Crippen LogP contribution in [0.5, 0.6) is 0 Å². The second-order valence-electron chi connectivity index (χ2n) is 8.25. The molecule has 0 saturated carbocycles. The van der Waals surface area contributed by atoms with Crippen LogP contribution in [0.15, 0.2) is 23.7 Å². The van der Waals surface area contributed by atoms with Gasteiger partial charge in [0.2, 0.25) is 0 Å². The van der Waals surface area contributed by atoms with E-state index in [-0.39, 0.29) is 17.1 Å². The van der Waals surface area contributed by atoms with Crippen LogP contribution in [0.2, 0.25) is 0 Å². The minimum absolute atomic E-state index is 0.0401. The molecule has 1 saturated heterocycles. The predicted molar refractivity (Wildman–Crippen MR) is 102 cm³/mol. The number of thiazole rings is 1. The van der Waals surface area contributed by atoms with Crippen molar-refractivity contribution in [3.63, 3.8) is 0 Å². The lowest BCUT2D eigenvalue weighted by Crippen LogP contribution is -2.55. The molecule has 8 heteroatoms. The zero-order chi connectivity index (χ0) is 18.5. The second-order valence-corrected chi connectivity index (χ2v) is 9.14. The maximum absolute atomic E-state index is 6.19. The zero-order valence-corrected chi connectivity index (χ0v) is 16.6. The largest absolute Gasteiger partial charge is 0.367 e. The molecule has 7 nitrogen and oxygen atoms in total. The monoisotopic (exact) mass is 372 g/mol. The molecule has 26 heavy (non-hydrogen) atoms. The van der Waals surface area contributed by atoms with E-state index in [0.717, 1.165) is 28.6 Å². The number of aromatic nitrogens is 5. The Morgan fingerprint density at radius 2 is 2.08 bits per heavy atom. The summed E-state index contributed by atoms with van der Waals surface area (Å²) in [4.78, 5) is 7.26. The number of fused-ring (bicyclic) bond motifs is 1. The molecule has 0 bridgehead atoms. The van der Waals surface area contributed by atoms with E-state index < -0.39 is 0 Å². The van der Waals surface area contributed by atoms with Crippen molar-refractivity contribution in [3.05, 3.63) is 34.4 Å². The first-order valence-corrected chi connectivity index (χ1v) is 9.68. The van der Waals surface area contributed by atoms with E-state index >= 15 is 0 Å². The van der Waals surface area contributed by atoms with Crippen LogP contribution in [0, 0.1) is 0 Å². The fourth-order valence-electron chi connectivity index (χ4n) is 3.37. The topological polar surface area (TPSA) is 68.4 Å². The Morgan fingerprint density at radius 1 is 1.27 bits per heavy atom. The van der Waals surface area contributed by atoms with Gasteiger partial charge in [-0.1, -0.05) is 20.8 Å². The van der Waals surface area contributed by atoms with Gasteiger partial charge in [0.25, 0.3) is 0 Å². The Bertz CT molecular complexity index is 925. The summed E-state index contributed by atoms with van der Waals surface area (Å²) in [6.07, 6.45) is 1.89. The summed E-state index contributed by atoms with van der Waals surface area (Å²) >= 11 is 1.69. The summed E-state index contributed by atoms with van der Waals surface area (Å²) < 4.78 is 7.89. The van der Waals surface area contributed by atoms with Gasteiger partial charge in [-0.15, -0.1) is 16.4 Å². The van der Waals surface area contributed by atoms with Crippen molar-refractivity contribution in [2.24, 2.45) is 0 Å². The molecule has 0 amide bonds. The van der Waals surface area contributed by atoms with Crippen LogP contribution in [-0.2, 0) is 10.2 Å². The summed E-state index contributed by atoms with van der Waals surface area (Å²) in [6.45, 7) is 12.4. The van der Waals surface area contributed by atoms with E-state index in [1.165, 1.54) is 0 Å². The first-order valence-electron chi connectivity index (χ1n) is 8.80. The number of nitrogens with zero attached hydrogens (tertiary/aromatic N) is 6. The lowest BCUT2D eigenvalue weighted by Gasteiger charge is -2.48. The van der Waals surface area contributed by atoms with Crippen molar-refractivity contribution < 1.29 is 4.74 Å². The fraction of sp³-hybridized carbons (Fsp3) is 0.556. The third-order valence-corrected chi connectivity index (χ3v) is 5.83. The number of ether oxygens (including phenoxy) is 1. The fourth-order valence-corrected chi connectivity index (χ4v) is 4.64. The first kappa shape index (κ1) is 17.4. The van der Waals surface area contributed by atoms with E-state index in [1.807, 2.05) is 12.3 Å². The van der Waals surface area contributed by atoms with E-state index in [2.05, 4.69) is 66.5 Å². The molecule has 0 aliphatic carbocycles. The van der Waals surface area contributed by atoms with Crippen molar-refractivity contribution in [1.82, 2.24) is 25.0 Å². The molecule has 1 atom stereocenters. The SMILES string of the molecule is CC(C)(C)c1csc(C2OCCN(c3ccc4nnnn4c3)C2(C)C)n1. The van der Waals surface area contributed by atoms with E-state index in [9.17, 15) is 0 Å². The maximum atomic E-state index is 6.19. The van der Waals surface area contributed by atoms with Crippen LogP contribution >= 0.6 is 11.3 Å². The van der Waals surface area contributed by atoms with Gasteiger partial charge in [-0.3, -0.25) is 0 Å². The molecule has 1 aliphatic rings. The number of hydrogen-bond acceptors (Lipinski definition) is 7. The summed E-state index contributed by atoms with van der Waals surface area (Å²) in [5, 5.41) is 14.9. The number of pyridine rings is 1. The highest BCUT2D eigenvalue weighted by Gasteiger charge is 2.42. The van der Waals surface area contributed by atoms with Crippen LogP contribution in [0.1, 0.15) is 51.4 Å². The molecule has 0 radical (unpaired) electrons. The van der Waals surface area contributed by atoms with Crippen molar-refractivity contribution in [3.8, 4) is 0 Å². The van der Waals surface area contributed by atoms with E-state index in [1.54, 1.807) is 15.9 Å². The van der Waals surface area contributed by atoms with Gasteiger partial charge in [0.1, 0.15) is 11.1 Å². The quantitative estimate of drug-likeness (QED) is 0.688. The van der Waals surface area contributed by atoms with Crippen LogP contribution in [-0.4, -0.2) is 43.7 Å². The van der Waals surface area contributed by atoms with Crippen LogP contribution in [0.4, 0.5) is 5.69 Å². The molecule has 4 heterocycles. The summed E-state index contributed by atoms with van der Waals surface area (Å²) in [7, 11) is 0. The summed E-state index contributed by atoms with van der Waals surface area (Å²) in [5.74, 6) is 0. The van der Waals surface area contributed by atoms with Crippen LogP contribution < -0.4 is 4.90 Å². The molecule has 1 unspecified atom stereocenters. The van der Waals surface area contributed by atoms with Gasteiger partial charge >= 0.3 is 0 Å². The number of rotatable bonds is 2. The lowest BCUT2D eigenvalue weighted by molar-refractivity contribution is -0.0208. The highest BCUT2D eigenvalue weighted by Crippen LogP contribution is 2.41. The third-order valence-electron chi connectivity index (χ3n) is 4.94. The van der Waals surface area contributed by atoms with Gasteiger partial charge in [-0.05, 0) is 36.4 Å². The number of morpholine rings is 1. The molecule has 0 spiro atoms. The number of tetrazole rings is 1. The van der Waals surface area contributed by atoms with Crippen molar-refractivity contribution in [1.29, 1.82) is 0 Å². The predicted octanol–water partition coefficient (Wildman–Crippen LogP) is 3.23. The molecule has 4 rings (SSSR count).